The van der Waals surface area contributed by atoms with Gasteiger partial charge in [-0.15, -0.1) is 0 Å². The van der Waals surface area contributed by atoms with Gasteiger partial charge in [-0.05, 0) is 54.0 Å². The summed E-state index contributed by atoms with van der Waals surface area (Å²) in [6.45, 7) is 11.3. The highest BCUT2D eigenvalue weighted by molar-refractivity contribution is 6.42. The number of nitrogens with one attached hydrogen (secondary N) is 1. The Hall–Kier alpha value is -2.04. The van der Waals surface area contributed by atoms with Crippen molar-refractivity contribution in [2.24, 2.45) is 0 Å². The van der Waals surface area contributed by atoms with Gasteiger partial charge in [0.05, 0.1) is 10.0 Å². The second-order valence-corrected chi connectivity index (χ2v) is 10.4. The fourth-order valence-corrected chi connectivity index (χ4v) is 3.84. The predicted octanol–water partition coefficient (Wildman–Crippen LogP) is 6.56. The molecule has 0 heterocycles. The molecule has 2 amide bonds. The Labute approximate surface area is 208 Å². The Morgan fingerprint density at radius 2 is 1.64 bits per heavy atom. The van der Waals surface area contributed by atoms with Crippen LogP contribution in [0.2, 0.25) is 10.0 Å². The summed E-state index contributed by atoms with van der Waals surface area (Å²) < 4.78 is 0. The van der Waals surface area contributed by atoms with Crippen LogP contribution in [0.1, 0.15) is 70.6 Å². The molecule has 0 aliphatic heterocycles. The number of halogens is 2. The van der Waals surface area contributed by atoms with Gasteiger partial charge in [0, 0.05) is 19.5 Å². The normalized spacial score (nSPS) is 12.3. The average molecular weight is 492 g/mol. The molecule has 33 heavy (non-hydrogen) atoms. The summed E-state index contributed by atoms with van der Waals surface area (Å²) in [6, 6.07) is 13.1. The minimum absolute atomic E-state index is 0.0703. The molecule has 0 bridgehead atoms. The van der Waals surface area contributed by atoms with E-state index >= 15 is 0 Å². The Kier molecular flexibility index (Phi) is 10.2. The van der Waals surface area contributed by atoms with E-state index in [4.69, 9.17) is 23.2 Å². The molecule has 0 saturated heterocycles. The highest BCUT2D eigenvalue weighted by Gasteiger charge is 2.26. The van der Waals surface area contributed by atoms with E-state index in [1.807, 2.05) is 6.07 Å². The van der Waals surface area contributed by atoms with Crippen LogP contribution in [0.3, 0.4) is 0 Å². The van der Waals surface area contributed by atoms with E-state index in [9.17, 15) is 9.59 Å². The standard InChI is InChI=1S/C27H36Cl2N2O2/c1-6-7-16-30-26(33)19(2)31(18-21-10-14-23(28)24(29)17-21)25(32)15-11-20-8-12-22(13-9-20)27(3,4)5/h8-10,12-14,17,19H,6-7,11,15-16,18H2,1-5H3,(H,30,33)/t19-/m0/s1. The van der Waals surface area contributed by atoms with Crippen LogP contribution in [0.15, 0.2) is 42.5 Å². The van der Waals surface area contributed by atoms with Gasteiger partial charge in [0.1, 0.15) is 6.04 Å². The summed E-state index contributed by atoms with van der Waals surface area (Å²) >= 11 is 12.2. The van der Waals surface area contributed by atoms with Crippen molar-refractivity contribution in [3.8, 4) is 0 Å². The van der Waals surface area contributed by atoms with Crippen LogP contribution >= 0.6 is 23.2 Å². The maximum atomic E-state index is 13.3. The van der Waals surface area contributed by atoms with E-state index in [1.165, 1.54) is 5.56 Å². The molecule has 0 radical (unpaired) electrons. The average Bonchev–Trinajstić information content (AvgIpc) is 2.77. The van der Waals surface area contributed by atoms with E-state index in [2.05, 4.69) is 57.3 Å². The molecule has 2 aromatic carbocycles. The summed E-state index contributed by atoms with van der Waals surface area (Å²) in [4.78, 5) is 27.6. The lowest BCUT2D eigenvalue weighted by Gasteiger charge is -2.29. The van der Waals surface area contributed by atoms with Crippen molar-refractivity contribution in [3.05, 3.63) is 69.2 Å². The first-order chi connectivity index (χ1) is 15.5. The molecule has 4 nitrogen and oxygen atoms in total. The summed E-state index contributed by atoms with van der Waals surface area (Å²) in [7, 11) is 0. The molecule has 0 spiro atoms. The van der Waals surface area contributed by atoms with Gasteiger partial charge in [0.2, 0.25) is 11.8 Å². The van der Waals surface area contributed by atoms with Crippen LogP contribution in [0.4, 0.5) is 0 Å². The third kappa shape index (κ3) is 8.35. The predicted molar refractivity (Wildman–Crippen MR) is 138 cm³/mol. The molecule has 0 aliphatic carbocycles. The molecule has 180 valence electrons. The second kappa shape index (κ2) is 12.4. The van der Waals surface area contributed by atoms with Gasteiger partial charge in [-0.3, -0.25) is 9.59 Å². The lowest BCUT2D eigenvalue weighted by Crippen LogP contribution is -2.47. The van der Waals surface area contributed by atoms with Gasteiger partial charge in [-0.2, -0.15) is 0 Å². The first-order valence-corrected chi connectivity index (χ1v) is 12.4. The van der Waals surface area contributed by atoms with Crippen LogP contribution in [-0.2, 0) is 28.0 Å². The fourth-order valence-electron chi connectivity index (χ4n) is 3.52. The van der Waals surface area contributed by atoms with Crippen LogP contribution < -0.4 is 5.32 Å². The van der Waals surface area contributed by atoms with E-state index in [-0.39, 0.29) is 17.2 Å². The maximum Gasteiger partial charge on any atom is 0.242 e. The molecule has 0 aliphatic rings. The zero-order valence-electron chi connectivity index (χ0n) is 20.4. The molecule has 0 unspecified atom stereocenters. The molecule has 2 rings (SSSR count). The van der Waals surface area contributed by atoms with Crippen LogP contribution in [0, 0.1) is 0 Å². The summed E-state index contributed by atoms with van der Waals surface area (Å²) in [5.74, 6) is -0.217. The number of nitrogens with zero attached hydrogens (tertiary/aromatic N) is 1. The Morgan fingerprint density at radius 1 is 1.00 bits per heavy atom. The second-order valence-electron chi connectivity index (χ2n) is 9.54. The van der Waals surface area contributed by atoms with E-state index < -0.39 is 6.04 Å². The molecular formula is C27H36Cl2N2O2. The number of aryl methyl sites for hydroxylation is 1. The topological polar surface area (TPSA) is 49.4 Å². The number of amides is 2. The highest BCUT2D eigenvalue weighted by Crippen LogP contribution is 2.25. The smallest absolute Gasteiger partial charge is 0.242 e. The number of carbonyl (C=O) groups is 2. The largest absolute Gasteiger partial charge is 0.354 e. The first kappa shape index (κ1) is 27.2. The Morgan fingerprint density at radius 3 is 2.21 bits per heavy atom. The van der Waals surface area contributed by atoms with Gasteiger partial charge < -0.3 is 10.2 Å². The van der Waals surface area contributed by atoms with Crippen LogP contribution in [-0.4, -0.2) is 29.3 Å². The molecular weight excluding hydrogens is 455 g/mol. The maximum absolute atomic E-state index is 13.3. The van der Waals surface area contributed by atoms with Gasteiger partial charge in [0.25, 0.3) is 0 Å². The number of benzene rings is 2. The molecule has 2 aromatic rings. The third-order valence-corrected chi connectivity index (χ3v) is 6.52. The quantitative estimate of drug-likeness (QED) is 0.383. The van der Waals surface area contributed by atoms with Crippen molar-refractivity contribution >= 4 is 35.0 Å². The Bertz CT molecular complexity index is 936. The number of unbranched alkanes of at least 4 members (excludes halogenated alkanes) is 1. The number of carbonyl (C=O) groups excluding carboxylic acids is 2. The summed E-state index contributed by atoms with van der Waals surface area (Å²) in [6.07, 6.45) is 2.84. The monoisotopic (exact) mass is 490 g/mol. The number of rotatable bonds is 10. The van der Waals surface area contributed by atoms with E-state index in [0.29, 0.717) is 36.0 Å². The van der Waals surface area contributed by atoms with Crippen molar-refractivity contribution in [3.63, 3.8) is 0 Å². The third-order valence-electron chi connectivity index (χ3n) is 5.78. The lowest BCUT2D eigenvalue weighted by atomic mass is 9.86. The number of hydrogen-bond donors (Lipinski definition) is 1. The molecule has 0 saturated carbocycles. The molecule has 1 atom stereocenters. The van der Waals surface area contributed by atoms with Gasteiger partial charge in [-0.25, -0.2) is 0 Å². The molecule has 0 aromatic heterocycles. The van der Waals surface area contributed by atoms with Crippen molar-refractivity contribution in [2.75, 3.05) is 6.54 Å². The van der Waals surface area contributed by atoms with E-state index in [1.54, 1.807) is 24.0 Å². The van der Waals surface area contributed by atoms with Crippen molar-refractivity contribution < 1.29 is 9.59 Å². The van der Waals surface area contributed by atoms with Gasteiger partial charge in [-0.1, -0.05) is 87.6 Å². The zero-order valence-corrected chi connectivity index (χ0v) is 21.9. The molecule has 6 heteroatoms. The number of hydrogen-bond acceptors (Lipinski definition) is 2. The van der Waals surface area contributed by atoms with Crippen molar-refractivity contribution in [1.82, 2.24) is 10.2 Å². The molecule has 1 N–H and O–H groups in total. The first-order valence-electron chi connectivity index (χ1n) is 11.6. The van der Waals surface area contributed by atoms with Gasteiger partial charge in [0.15, 0.2) is 0 Å². The summed E-state index contributed by atoms with van der Waals surface area (Å²) in [5.41, 5.74) is 3.29. The highest BCUT2D eigenvalue weighted by atomic mass is 35.5. The fraction of sp³-hybridized carbons (Fsp3) is 0.481. The van der Waals surface area contributed by atoms with Gasteiger partial charge >= 0.3 is 0 Å². The minimum Gasteiger partial charge on any atom is -0.354 e. The van der Waals surface area contributed by atoms with Crippen molar-refractivity contribution in [1.29, 1.82) is 0 Å². The SMILES string of the molecule is CCCCNC(=O)[C@H](C)N(Cc1ccc(Cl)c(Cl)c1)C(=O)CCc1ccc(C(C)(C)C)cc1. The van der Waals surface area contributed by atoms with Crippen LogP contribution in [0.25, 0.3) is 0 Å². The zero-order chi connectivity index (χ0) is 24.6. The Balaban J connectivity index is 2.14. The minimum atomic E-state index is -0.591. The molecule has 0 fully saturated rings. The van der Waals surface area contributed by atoms with Crippen molar-refractivity contribution in [2.45, 2.75) is 78.3 Å². The van der Waals surface area contributed by atoms with Crippen LogP contribution in [0.5, 0.6) is 0 Å². The summed E-state index contributed by atoms with van der Waals surface area (Å²) in [5, 5.41) is 3.83. The van der Waals surface area contributed by atoms with E-state index in [0.717, 1.165) is 24.0 Å². The lowest BCUT2D eigenvalue weighted by molar-refractivity contribution is -0.140.